The molecule has 2 aromatic rings. The predicted octanol–water partition coefficient (Wildman–Crippen LogP) is 2.99. The second-order valence-electron chi connectivity index (χ2n) is 7.79. The molecule has 0 unspecified atom stereocenters. The first-order valence-electron chi connectivity index (χ1n) is 9.46. The number of ether oxygens (including phenoxy) is 3. The Kier molecular flexibility index (Phi) is 6.28. The Bertz CT molecular complexity index is 745. The lowest BCUT2D eigenvalue weighted by Crippen LogP contribution is -2.41. The van der Waals surface area contributed by atoms with Gasteiger partial charge in [-0.15, -0.1) is 0 Å². The molecule has 1 aromatic heterocycles. The molecule has 0 bridgehead atoms. The van der Waals surface area contributed by atoms with Crippen LogP contribution in [0.3, 0.4) is 0 Å². The zero-order valence-electron chi connectivity index (χ0n) is 17.2. The number of pyridine rings is 1. The summed E-state index contributed by atoms with van der Waals surface area (Å²) in [5.41, 5.74) is 1.25. The number of benzene rings is 1. The van der Waals surface area contributed by atoms with Crippen LogP contribution >= 0.6 is 0 Å². The van der Waals surface area contributed by atoms with Gasteiger partial charge in [0.15, 0.2) is 0 Å². The van der Waals surface area contributed by atoms with Crippen molar-refractivity contribution in [2.45, 2.75) is 45.5 Å². The van der Waals surface area contributed by atoms with E-state index in [1.165, 1.54) is 0 Å². The van der Waals surface area contributed by atoms with Crippen LogP contribution in [0.15, 0.2) is 42.6 Å². The Morgan fingerprint density at radius 1 is 0.893 bits per heavy atom. The van der Waals surface area contributed by atoms with Gasteiger partial charge in [-0.1, -0.05) is 12.1 Å². The second-order valence-corrected chi connectivity index (χ2v) is 7.79. The lowest BCUT2D eigenvalue weighted by Gasteiger charge is -2.32. The van der Waals surface area contributed by atoms with Crippen LogP contribution in [0, 0.1) is 0 Å². The number of methoxy groups -OCH3 is 1. The van der Waals surface area contributed by atoms with Crippen LogP contribution in [0.25, 0.3) is 0 Å². The SMILES string of the molecule is COCCOc1ccc(COc2ccc(B3OC(C)(C)C(C)(C)O3)cc2)cn1. The fourth-order valence-electron chi connectivity index (χ4n) is 2.68. The van der Waals surface area contributed by atoms with Gasteiger partial charge in [0.1, 0.15) is 19.0 Å². The first-order valence-corrected chi connectivity index (χ1v) is 9.46. The van der Waals surface area contributed by atoms with E-state index in [1.54, 1.807) is 13.3 Å². The van der Waals surface area contributed by atoms with Crippen LogP contribution in [0.1, 0.15) is 33.3 Å². The standard InChI is InChI=1S/C21H28BNO5/c1-20(2)21(3,4)28-22(27-20)17-7-9-18(10-8-17)26-15-16-6-11-19(23-14-16)25-13-12-24-5/h6-11,14H,12-13,15H2,1-5H3. The van der Waals surface area contributed by atoms with Gasteiger partial charge >= 0.3 is 7.12 Å². The van der Waals surface area contributed by atoms with Crippen LogP contribution in [-0.4, -0.2) is 43.6 Å². The maximum absolute atomic E-state index is 6.07. The van der Waals surface area contributed by atoms with Gasteiger partial charge in [-0.3, -0.25) is 0 Å². The molecule has 0 radical (unpaired) electrons. The van der Waals surface area contributed by atoms with Crippen LogP contribution in [-0.2, 0) is 20.7 Å². The van der Waals surface area contributed by atoms with Gasteiger partial charge in [-0.25, -0.2) is 4.98 Å². The lowest BCUT2D eigenvalue weighted by atomic mass is 9.79. The quantitative estimate of drug-likeness (QED) is 0.515. The predicted molar refractivity (Wildman–Crippen MR) is 108 cm³/mol. The third kappa shape index (κ3) is 4.84. The van der Waals surface area contributed by atoms with Crippen LogP contribution in [0.5, 0.6) is 11.6 Å². The summed E-state index contributed by atoms with van der Waals surface area (Å²) in [6.45, 7) is 9.64. The van der Waals surface area contributed by atoms with E-state index >= 15 is 0 Å². The van der Waals surface area contributed by atoms with Crippen molar-refractivity contribution in [3.63, 3.8) is 0 Å². The van der Waals surface area contributed by atoms with Gasteiger partial charge in [0, 0.05) is 24.9 Å². The molecule has 0 aliphatic carbocycles. The average molecular weight is 385 g/mol. The summed E-state index contributed by atoms with van der Waals surface area (Å²) < 4.78 is 28.4. The van der Waals surface area contributed by atoms with Crippen molar-refractivity contribution in [1.29, 1.82) is 0 Å². The molecule has 150 valence electrons. The minimum atomic E-state index is -0.367. The van der Waals surface area contributed by atoms with E-state index < -0.39 is 0 Å². The highest BCUT2D eigenvalue weighted by Crippen LogP contribution is 2.36. The smallest absolute Gasteiger partial charge is 0.489 e. The number of hydrogen-bond acceptors (Lipinski definition) is 6. The molecule has 0 saturated carbocycles. The van der Waals surface area contributed by atoms with E-state index in [1.807, 2.05) is 64.1 Å². The summed E-state index contributed by atoms with van der Waals surface area (Å²) in [5, 5.41) is 0. The summed E-state index contributed by atoms with van der Waals surface area (Å²) in [5.74, 6) is 1.35. The van der Waals surface area contributed by atoms with Crippen LogP contribution < -0.4 is 14.9 Å². The van der Waals surface area contributed by atoms with Crippen molar-refractivity contribution < 1.29 is 23.5 Å². The largest absolute Gasteiger partial charge is 0.494 e. The Morgan fingerprint density at radius 2 is 1.57 bits per heavy atom. The van der Waals surface area contributed by atoms with Crippen molar-refractivity contribution in [3.8, 4) is 11.6 Å². The molecule has 1 fully saturated rings. The number of hydrogen-bond donors (Lipinski definition) is 0. The van der Waals surface area contributed by atoms with E-state index in [-0.39, 0.29) is 18.3 Å². The number of aromatic nitrogens is 1. The Hall–Kier alpha value is -2.09. The second kappa shape index (κ2) is 8.51. The third-order valence-corrected chi connectivity index (χ3v) is 5.15. The summed E-state index contributed by atoms with van der Waals surface area (Å²) in [6, 6.07) is 11.6. The molecule has 0 spiro atoms. The van der Waals surface area contributed by atoms with Gasteiger partial charge in [-0.05, 0) is 51.4 Å². The Labute approximate surface area is 167 Å². The number of rotatable bonds is 8. The van der Waals surface area contributed by atoms with E-state index in [4.69, 9.17) is 23.5 Å². The van der Waals surface area contributed by atoms with E-state index in [0.717, 1.165) is 16.8 Å². The minimum absolute atomic E-state index is 0.348. The molecular weight excluding hydrogens is 357 g/mol. The van der Waals surface area contributed by atoms with Crippen molar-refractivity contribution in [2.24, 2.45) is 0 Å². The van der Waals surface area contributed by atoms with Gasteiger partial charge < -0.3 is 23.5 Å². The third-order valence-electron chi connectivity index (χ3n) is 5.15. The lowest BCUT2D eigenvalue weighted by molar-refractivity contribution is 0.00578. The minimum Gasteiger partial charge on any atom is -0.489 e. The van der Waals surface area contributed by atoms with E-state index in [2.05, 4.69) is 4.98 Å². The van der Waals surface area contributed by atoms with Crippen molar-refractivity contribution in [3.05, 3.63) is 48.2 Å². The van der Waals surface area contributed by atoms with E-state index in [0.29, 0.717) is 25.7 Å². The Morgan fingerprint density at radius 3 is 2.14 bits per heavy atom. The summed E-state index contributed by atoms with van der Waals surface area (Å²) >= 11 is 0. The highest BCUT2D eigenvalue weighted by molar-refractivity contribution is 6.62. The van der Waals surface area contributed by atoms with Gasteiger partial charge in [0.05, 0.1) is 17.8 Å². The summed E-state index contributed by atoms with van der Waals surface area (Å²) in [6.07, 6.45) is 1.75. The highest BCUT2D eigenvalue weighted by atomic mass is 16.7. The van der Waals surface area contributed by atoms with Gasteiger partial charge in [-0.2, -0.15) is 0 Å². The Balaban J connectivity index is 1.52. The zero-order chi connectivity index (χ0) is 20.2. The molecular formula is C21H28BNO5. The van der Waals surface area contributed by atoms with Crippen molar-refractivity contribution >= 4 is 12.6 Å². The fraction of sp³-hybridized carbons (Fsp3) is 0.476. The number of nitrogens with zero attached hydrogens (tertiary/aromatic N) is 1. The molecule has 0 N–H and O–H groups in total. The molecule has 3 rings (SSSR count). The molecule has 7 heteroatoms. The first-order chi connectivity index (χ1) is 13.3. The molecule has 1 saturated heterocycles. The van der Waals surface area contributed by atoms with Crippen molar-refractivity contribution in [1.82, 2.24) is 4.98 Å². The van der Waals surface area contributed by atoms with Crippen LogP contribution in [0.4, 0.5) is 0 Å². The fourth-order valence-corrected chi connectivity index (χ4v) is 2.68. The van der Waals surface area contributed by atoms with Crippen molar-refractivity contribution in [2.75, 3.05) is 20.3 Å². The summed E-state index contributed by atoms with van der Waals surface area (Å²) in [4.78, 5) is 4.27. The summed E-state index contributed by atoms with van der Waals surface area (Å²) in [7, 11) is 1.27. The maximum atomic E-state index is 6.07. The molecule has 1 aliphatic heterocycles. The normalized spacial score (nSPS) is 17.5. The zero-order valence-corrected chi connectivity index (χ0v) is 17.2. The molecule has 0 atom stereocenters. The highest BCUT2D eigenvalue weighted by Gasteiger charge is 2.51. The average Bonchev–Trinajstić information content (AvgIpc) is 2.89. The molecule has 1 aromatic carbocycles. The maximum Gasteiger partial charge on any atom is 0.494 e. The molecule has 0 amide bonds. The molecule has 1 aliphatic rings. The topological polar surface area (TPSA) is 59.0 Å². The first kappa shape index (κ1) is 20.6. The van der Waals surface area contributed by atoms with Crippen LogP contribution in [0.2, 0.25) is 0 Å². The monoisotopic (exact) mass is 385 g/mol. The van der Waals surface area contributed by atoms with E-state index in [9.17, 15) is 0 Å². The van der Waals surface area contributed by atoms with Gasteiger partial charge in [0.25, 0.3) is 0 Å². The van der Waals surface area contributed by atoms with Gasteiger partial charge in [0.2, 0.25) is 5.88 Å². The molecule has 2 heterocycles. The molecule has 28 heavy (non-hydrogen) atoms. The molecule has 6 nitrogen and oxygen atoms in total.